The van der Waals surface area contributed by atoms with Crippen LogP contribution in [-0.4, -0.2) is 35.2 Å². The van der Waals surface area contributed by atoms with E-state index in [-0.39, 0.29) is 11.9 Å². The standard InChI is InChI=1S/C22H23ClN4O/c1-14-9-15(2)11-17(10-14)22(28)24-19-7-8-27(13-19)21-12-20(25-26-21)16-3-5-18(23)6-4-16/h3-6,9-12,19H,7-8,13H2,1-2H3,(H,24,28)(H,25,26)/t19-/m0/s1. The number of aromatic amines is 1. The second-order valence-electron chi connectivity index (χ2n) is 7.43. The Bertz CT molecular complexity index is 976. The number of benzene rings is 2. The Hall–Kier alpha value is -2.79. The highest BCUT2D eigenvalue weighted by molar-refractivity contribution is 6.30. The molecular formula is C22H23ClN4O. The molecule has 1 aromatic heterocycles. The highest BCUT2D eigenvalue weighted by Crippen LogP contribution is 2.25. The zero-order valence-corrected chi connectivity index (χ0v) is 16.8. The molecule has 1 saturated heterocycles. The van der Waals surface area contributed by atoms with Gasteiger partial charge in [0.2, 0.25) is 0 Å². The van der Waals surface area contributed by atoms with Crippen LogP contribution in [0.25, 0.3) is 11.3 Å². The van der Waals surface area contributed by atoms with Crippen LogP contribution in [0.4, 0.5) is 5.82 Å². The number of rotatable bonds is 4. The molecule has 1 amide bonds. The van der Waals surface area contributed by atoms with Crippen LogP contribution in [0.2, 0.25) is 5.02 Å². The van der Waals surface area contributed by atoms with Crippen LogP contribution in [-0.2, 0) is 0 Å². The fraction of sp³-hybridized carbons (Fsp3) is 0.273. The zero-order valence-electron chi connectivity index (χ0n) is 16.0. The number of carbonyl (C=O) groups excluding carboxylic acids is 1. The molecule has 1 fully saturated rings. The van der Waals surface area contributed by atoms with E-state index in [0.29, 0.717) is 5.02 Å². The maximum absolute atomic E-state index is 12.6. The predicted octanol–water partition coefficient (Wildman–Crippen LogP) is 4.36. The van der Waals surface area contributed by atoms with E-state index >= 15 is 0 Å². The third-order valence-corrected chi connectivity index (χ3v) is 5.30. The van der Waals surface area contributed by atoms with Gasteiger partial charge in [-0.15, -0.1) is 0 Å². The van der Waals surface area contributed by atoms with E-state index in [9.17, 15) is 4.79 Å². The number of hydrogen-bond acceptors (Lipinski definition) is 3. The van der Waals surface area contributed by atoms with Gasteiger partial charge < -0.3 is 10.2 Å². The van der Waals surface area contributed by atoms with Gasteiger partial charge >= 0.3 is 0 Å². The molecule has 1 aliphatic heterocycles. The minimum Gasteiger partial charge on any atom is -0.353 e. The highest BCUT2D eigenvalue weighted by Gasteiger charge is 2.26. The number of carbonyl (C=O) groups is 1. The number of nitrogens with zero attached hydrogens (tertiary/aromatic N) is 2. The lowest BCUT2D eigenvalue weighted by atomic mass is 10.1. The molecule has 4 rings (SSSR count). The molecule has 0 radical (unpaired) electrons. The van der Waals surface area contributed by atoms with Crippen molar-refractivity contribution in [3.8, 4) is 11.3 Å². The van der Waals surface area contributed by atoms with E-state index in [0.717, 1.165) is 53.3 Å². The molecule has 28 heavy (non-hydrogen) atoms. The Morgan fingerprint density at radius 1 is 1.14 bits per heavy atom. The number of aryl methyl sites for hydroxylation is 2. The lowest BCUT2D eigenvalue weighted by molar-refractivity contribution is 0.0940. The van der Waals surface area contributed by atoms with Crippen molar-refractivity contribution in [2.75, 3.05) is 18.0 Å². The van der Waals surface area contributed by atoms with Gasteiger partial charge in [0.25, 0.3) is 5.91 Å². The van der Waals surface area contributed by atoms with Crippen molar-refractivity contribution >= 4 is 23.3 Å². The van der Waals surface area contributed by atoms with Gasteiger partial charge in [-0.1, -0.05) is 40.9 Å². The van der Waals surface area contributed by atoms with Crippen molar-refractivity contribution in [2.45, 2.75) is 26.3 Å². The Morgan fingerprint density at radius 3 is 2.57 bits per heavy atom. The lowest BCUT2D eigenvalue weighted by Crippen LogP contribution is -2.37. The summed E-state index contributed by atoms with van der Waals surface area (Å²) in [4.78, 5) is 14.8. The van der Waals surface area contributed by atoms with Crippen molar-refractivity contribution in [1.29, 1.82) is 0 Å². The monoisotopic (exact) mass is 394 g/mol. The summed E-state index contributed by atoms with van der Waals surface area (Å²) in [6.07, 6.45) is 0.902. The fourth-order valence-corrected chi connectivity index (χ4v) is 3.84. The first-order chi connectivity index (χ1) is 13.5. The van der Waals surface area contributed by atoms with Crippen LogP contribution < -0.4 is 10.2 Å². The molecule has 0 bridgehead atoms. The summed E-state index contributed by atoms with van der Waals surface area (Å²) in [5.41, 5.74) is 4.92. The number of amides is 1. The van der Waals surface area contributed by atoms with Gasteiger partial charge in [-0.25, -0.2) is 0 Å². The average molecular weight is 395 g/mol. The van der Waals surface area contributed by atoms with Crippen molar-refractivity contribution in [3.05, 3.63) is 70.2 Å². The van der Waals surface area contributed by atoms with Crippen LogP contribution in [0.15, 0.2) is 48.5 Å². The van der Waals surface area contributed by atoms with Gasteiger partial charge in [-0.3, -0.25) is 9.89 Å². The molecule has 5 nitrogen and oxygen atoms in total. The SMILES string of the molecule is Cc1cc(C)cc(C(=O)N[C@H]2CCN(c3cc(-c4ccc(Cl)cc4)[nH]n3)C2)c1. The summed E-state index contributed by atoms with van der Waals surface area (Å²) in [6, 6.07) is 15.8. The minimum atomic E-state index is -0.0115. The number of H-pyrrole nitrogens is 1. The molecule has 0 saturated carbocycles. The van der Waals surface area contributed by atoms with Crippen LogP contribution >= 0.6 is 11.6 Å². The van der Waals surface area contributed by atoms with E-state index in [1.807, 2.05) is 56.3 Å². The maximum atomic E-state index is 12.6. The Balaban J connectivity index is 1.40. The average Bonchev–Trinajstić information content (AvgIpc) is 3.31. The number of nitrogens with one attached hydrogen (secondary N) is 2. The first kappa shape index (κ1) is 18.6. The molecule has 144 valence electrons. The van der Waals surface area contributed by atoms with Gasteiger partial charge in [0.15, 0.2) is 5.82 Å². The van der Waals surface area contributed by atoms with Crippen molar-refractivity contribution in [2.24, 2.45) is 0 Å². The smallest absolute Gasteiger partial charge is 0.251 e. The first-order valence-electron chi connectivity index (χ1n) is 9.43. The summed E-state index contributed by atoms with van der Waals surface area (Å²) < 4.78 is 0. The van der Waals surface area contributed by atoms with Crippen LogP contribution in [0.3, 0.4) is 0 Å². The van der Waals surface area contributed by atoms with E-state index < -0.39 is 0 Å². The third kappa shape index (κ3) is 4.04. The summed E-state index contributed by atoms with van der Waals surface area (Å²) in [5, 5.41) is 11.4. The van der Waals surface area contributed by atoms with E-state index in [1.165, 1.54) is 0 Å². The molecular weight excluding hydrogens is 372 g/mol. The van der Waals surface area contributed by atoms with Gasteiger partial charge in [-0.2, -0.15) is 5.10 Å². The van der Waals surface area contributed by atoms with Crippen molar-refractivity contribution < 1.29 is 4.79 Å². The van der Waals surface area contributed by atoms with E-state index in [2.05, 4.69) is 26.5 Å². The van der Waals surface area contributed by atoms with E-state index in [1.54, 1.807) is 0 Å². The zero-order chi connectivity index (χ0) is 19.7. The minimum absolute atomic E-state index is 0.0115. The highest BCUT2D eigenvalue weighted by atomic mass is 35.5. The van der Waals surface area contributed by atoms with Gasteiger partial charge in [0, 0.05) is 35.8 Å². The topological polar surface area (TPSA) is 61.0 Å². The second-order valence-corrected chi connectivity index (χ2v) is 7.86. The number of aromatic nitrogens is 2. The molecule has 0 unspecified atom stereocenters. The molecule has 2 aromatic carbocycles. The predicted molar refractivity (Wildman–Crippen MR) is 113 cm³/mol. The van der Waals surface area contributed by atoms with Gasteiger partial charge in [0.05, 0.1) is 5.69 Å². The van der Waals surface area contributed by atoms with Crippen molar-refractivity contribution in [3.63, 3.8) is 0 Å². The van der Waals surface area contributed by atoms with Crippen LogP contribution in [0.1, 0.15) is 27.9 Å². The lowest BCUT2D eigenvalue weighted by Gasteiger charge is -2.16. The molecule has 0 aliphatic carbocycles. The van der Waals surface area contributed by atoms with Gasteiger partial charge in [0.1, 0.15) is 0 Å². The molecule has 1 aliphatic rings. The van der Waals surface area contributed by atoms with Gasteiger partial charge in [-0.05, 0) is 50.1 Å². The van der Waals surface area contributed by atoms with E-state index in [4.69, 9.17) is 11.6 Å². The second kappa shape index (κ2) is 7.68. The first-order valence-corrected chi connectivity index (χ1v) is 9.81. The fourth-order valence-electron chi connectivity index (χ4n) is 3.71. The van der Waals surface area contributed by atoms with Crippen molar-refractivity contribution in [1.82, 2.24) is 15.5 Å². The molecule has 0 spiro atoms. The van der Waals surface area contributed by atoms with Crippen LogP contribution in [0, 0.1) is 13.8 Å². The third-order valence-electron chi connectivity index (χ3n) is 5.05. The molecule has 2 N–H and O–H groups in total. The molecule has 1 atom stereocenters. The Kier molecular flexibility index (Phi) is 5.09. The Labute approximate surface area is 169 Å². The summed E-state index contributed by atoms with van der Waals surface area (Å²) in [6.45, 7) is 5.64. The summed E-state index contributed by atoms with van der Waals surface area (Å²) >= 11 is 5.96. The molecule has 3 aromatic rings. The molecule has 2 heterocycles. The maximum Gasteiger partial charge on any atom is 0.251 e. The molecule has 6 heteroatoms. The summed E-state index contributed by atoms with van der Waals surface area (Å²) in [7, 11) is 0. The summed E-state index contributed by atoms with van der Waals surface area (Å²) in [5.74, 6) is 0.885. The normalized spacial score (nSPS) is 16.4. The quantitative estimate of drug-likeness (QED) is 0.691. The number of hydrogen-bond donors (Lipinski definition) is 2. The van der Waals surface area contributed by atoms with Crippen LogP contribution in [0.5, 0.6) is 0 Å². The number of anilines is 1. The number of halogens is 1. The largest absolute Gasteiger partial charge is 0.353 e. The Morgan fingerprint density at radius 2 is 1.86 bits per heavy atom.